The van der Waals surface area contributed by atoms with Gasteiger partial charge in [-0.3, -0.25) is 20.4 Å². The fourth-order valence-corrected chi connectivity index (χ4v) is 2.36. The van der Waals surface area contributed by atoms with Gasteiger partial charge in [-0.05, 0) is 48.7 Å². The van der Waals surface area contributed by atoms with Crippen LogP contribution in [0, 0.1) is 0 Å². The Morgan fingerprint density at radius 3 is 2.38 bits per heavy atom. The Morgan fingerprint density at radius 2 is 1.77 bits per heavy atom. The number of hydrazine groups is 1. The quantitative estimate of drug-likeness (QED) is 0.349. The fraction of sp³-hybridized carbons (Fsp3) is 0.526. The molecule has 3 N–H and O–H groups in total. The van der Waals surface area contributed by atoms with E-state index >= 15 is 0 Å². The van der Waals surface area contributed by atoms with Crippen molar-refractivity contribution in [3.05, 3.63) is 29.8 Å². The van der Waals surface area contributed by atoms with Gasteiger partial charge in [-0.1, -0.05) is 45.7 Å². The number of rotatable bonds is 9. The van der Waals surface area contributed by atoms with Crippen molar-refractivity contribution >= 4 is 29.1 Å². The minimum atomic E-state index is -0.390. The Labute approximate surface area is 161 Å². The summed E-state index contributed by atoms with van der Waals surface area (Å²) in [6, 6.07) is 7.71. The van der Waals surface area contributed by atoms with Gasteiger partial charge in [0.1, 0.15) is 5.75 Å². The summed E-state index contributed by atoms with van der Waals surface area (Å²) in [5.41, 5.74) is 6.13. The molecule has 0 aliphatic rings. The summed E-state index contributed by atoms with van der Waals surface area (Å²) in [5.74, 6) is 0.565. The van der Waals surface area contributed by atoms with Gasteiger partial charge in [0.15, 0.2) is 11.7 Å². The zero-order chi connectivity index (χ0) is 19.4. The van der Waals surface area contributed by atoms with Crippen molar-refractivity contribution < 1.29 is 14.3 Å². The molecule has 1 atom stereocenters. The largest absolute Gasteiger partial charge is 0.484 e. The van der Waals surface area contributed by atoms with Crippen LogP contribution in [0.2, 0.25) is 0 Å². The lowest BCUT2D eigenvalue weighted by atomic mass is 9.99. The van der Waals surface area contributed by atoms with E-state index in [0.717, 1.165) is 25.7 Å². The summed E-state index contributed by atoms with van der Waals surface area (Å²) in [5, 5.41) is 2.58. The van der Waals surface area contributed by atoms with Crippen molar-refractivity contribution in [1.29, 1.82) is 0 Å². The SMILES string of the molecule is CCCCCC(=O)NC(=S)NNC(=O)COc1ccc(C(C)CC)cc1. The van der Waals surface area contributed by atoms with E-state index in [1.807, 2.05) is 24.3 Å². The minimum Gasteiger partial charge on any atom is -0.484 e. The molecule has 1 aromatic carbocycles. The Hall–Kier alpha value is -2.15. The molecular weight excluding hydrogens is 350 g/mol. The number of amides is 2. The van der Waals surface area contributed by atoms with Crippen LogP contribution in [-0.2, 0) is 9.59 Å². The molecule has 144 valence electrons. The molecule has 0 aliphatic carbocycles. The van der Waals surface area contributed by atoms with Crippen molar-refractivity contribution in [1.82, 2.24) is 16.2 Å². The zero-order valence-corrected chi connectivity index (χ0v) is 16.6. The number of thiocarbonyl (C=S) groups is 1. The molecule has 7 heteroatoms. The molecule has 0 spiro atoms. The average Bonchev–Trinajstić information content (AvgIpc) is 2.64. The monoisotopic (exact) mass is 379 g/mol. The van der Waals surface area contributed by atoms with Gasteiger partial charge in [0, 0.05) is 6.42 Å². The number of hydrogen-bond donors (Lipinski definition) is 3. The van der Waals surface area contributed by atoms with Gasteiger partial charge < -0.3 is 10.1 Å². The van der Waals surface area contributed by atoms with E-state index in [0.29, 0.717) is 18.1 Å². The average molecular weight is 380 g/mol. The van der Waals surface area contributed by atoms with E-state index in [1.54, 1.807) is 0 Å². The van der Waals surface area contributed by atoms with Crippen LogP contribution >= 0.6 is 12.2 Å². The normalized spacial score (nSPS) is 11.3. The van der Waals surface area contributed by atoms with E-state index in [2.05, 4.69) is 36.9 Å². The molecule has 0 aliphatic heterocycles. The van der Waals surface area contributed by atoms with E-state index < -0.39 is 5.91 Å². The fourth-order valence-electron chi connectivity index (χ4n) is 2.20. The highest BCUT2D eigenvalue weighted by atomic mass is 32.1. The third kappa shape index (κ3) is 8.80. The number of ether oxygens (including phenoxy) is 1. The summed E-state index contributed by atoms with van der Waals surface area (Å²) in [7, 11) is 0. The van der Waals surface area contributed by atoms with Crippen LogP contribution in [0.15, 0.2) is 24.3 Å². The Balaban J connectivity index is 2.25. The number of nitrogens with one attached hydrogen (secondary N) is 3. The summed E-state index contributed by atoms with van der Waals surface area (Å²) in [4.78, 5) is 23.4. The number of hydrogen-bond acceptors (Lipinski definition) is 4. The summed E-state index contributed by atoms with van der Waals surface area (Å²) in [6.07, 6.45) is 4.36. The van der Waals surface area contributed by atoms with Gasteiger partial charge in [-0.15, -0.1) is 0 Å². The predicted octanol–water partition coefficient (Wildman–Crippen LogP) is 3.18. The lowest BCUT2D eigenvalue weighted by Gasteiger charge is -2.12. The second kappa shape index (κ2) is 12.2. The van der Waals surface area contributed by atoms with E-state index in [-0.39, 0.29) is 17.6 Å². The van der Waals surface area contributed by atoms with Gasteiger partial charge in [0.25, 0.3) is 5.91 Å². The highest BCUT2D eigenvalue weighted by Gasteiger charge is 2.07. The summed E-state index contributed by atoms with van der Waals surface area (Å²) < 4.78 is 5.43. The summed E-state index contributed by atoms with van der Waals surface area (Å²) >= 11 is 4.96. The van der Waals surface area contributed by atoms with Crippen molar-refractivity contribution in [2.75, 3.05) is 6.61 Å². The van der Waals surface area contributed by atoms with E-state index in [9.17, 15) is 9.59 Å². The first kappa shape index (κ1) is 21.9. The van der Waals surface area contributed by atoms with Crippen LogP contribution in [-0.4, -0.2) is 23.5 Å². The van der Waals surface area contributed by atoms with Crippen LogP contribution < -0.4 is 20.9 Å². The molecule has 0 radical (unpaired) electrons. The predicted molar refractivity (Wildman–Crippen MR) is 107 cm³/mol. The highest BCUT2D eigenvalue weighted by molar-refractivity contribution is 7.80. The van der Waals surface area contributed by atoms with Gasteiger partial charge in [-0.25, -0.2) is 0 Å². The lowest BCUT2D eigenvalue weighted by molar-refractivity contribution is -0.124. The van der Waals surface area contributed by atoms with Crippen molar-refractivity contribution in [3.63, 3.8) is 0 Å². The maximum absolute atomic E-state index is 11.8. The van der Waals surface area contributed by atoms with Crippen LogP contribution in [0.25, 0.3) is 0 Å². The molecule has 26 heavy (non-hydrogen) atoms. The highest BCUT2D eigenvalue weighted by Crippen LogP contribution is 2.21. The molecule has 0 aromatic heterocycles. The van der Waals surface area contributed by atoms with Gasteiger partial charge >= 0.3 is 0 Å². The maximum Gasteiger partial charge on any atom is 0.276 e. The second-order valence-electron chi connectivity index (χ2n) is 6.17. The number of carbonyl (C=O) groups excluding carboxylic acids is 2. The molecule has 1 unspecified atom stereocenters. The molecule has 0 heterocycles. The molecule has 0 saturated carbocycles. The molecule has 1 aromatic rings. The van der Waals surface area contributed by atoms with Crippen molar-refractivity contribution in [3.8, 4) is 5.75 Å². The molecule has 0 saturated heterocycles. The van der Waals surface area contributed by atoms with Crippen LogP contribution in [0.5, 0.6) is 5.75 Å². The minimum absolute atomic E-state index is 0.0674. The zero-order valence-electron chi connectivity index (χ0n) is 15.8. The van der Waals surface area contributed by atoms with Crippen molar-refractivity contribution in [2.45, 2.75) is 58.8 Å². The standard InChI is InChI=1S/C19H29N3O3S/c1-4-6-7-8-17(23)20-19(26)22-21-18(24)13-25-16-11-9-15(10-12-16)14(3)5-2/h9-12,14H,4-8,13H2,1-3H3,(H,21,24)(H2,20,22,23,26). The first-order valence-corrected chi connectivity index (χ1v) is 9.48. The number of carbonyl (C=O) groups is 2. The topological polar surface area (TPSA) is 79.5 Å². The van der Waals surface area contributed by atoms with Gasteiger partial charge in [-0.2, -0.15) is 0 Å². The third-order valence-electron chi connectivity index (χ3n) is 4.01. The molecule has 1 rings (SSSR count). The first-order chi connectivity index (χ1) is 12.5. The molecular formula is C19H29N3O3S. The Kier molecular flexibility index (Phi) is 10.3. The Bertz CT molecular complexity index is 590. The smallest absolute Gasteiger partial charge is 0.276 e. The molecule has 2 amide bonds. The van der Waals surface area contributed by atoms with Crippen molar-refractivity contribution in [2.24, 2.45) is 0 Å². The van der Waals surface area contributed by atoms with E-state index in [1.165, 1.54) is 5.56 Å². The summed E-state index contributed by atoms with van der Waals surface area (Å²) in [6.45, 7) is 6.23. The van der Waals surface area contributed by atoms with Gasteiger partial charge in [0.2, 0.25) is 5.91 Å². The number of benzene rings is 1. The van der Waals surface area contributed by atoms with E-state index in [4.69, 9.17) is 17.0 Å². The first-order valence-electron chi connectivity index (χ1n) is 9.07. The second-order valence-corrected chi connectivity index (χ2v) is 6.58. The maximum atomic E-state index is 11.8. The number of unbranched alkanes of at least 4 members (excludes halogenated alkanes) is 2. The third-order valence-corrected chi connectivity index (χ3v) is 4.21. The lowest BCUT2D eigenvalue weighted by Crippen LogP contribution is -2.49. The molecule has 6 nitrogen and oxygen atoms in total. The molecule has 0 fully saturated rings. The Morgan fingerprint density at radius 1 is 1.08 bits per heavy atom. The van der Waals surface area contributed by atoms with Crippen LogP contribution in [0.4, 0.5) is 0 Å². The molecule has 0 bridgehead atoms. The van der Waals surface area contributed by atoms with Crippen LogP contribution in [0.3, 0.4) is 0 Å². The van der Waals surface area contributed by atoms with Crippen LogP contribution in [0.1, 0.15) is 64.4 Å². The van der Waals surface area contributed by atoms with Gasteiger partial charge in [0.05, 0.1) is 0 Å².